The molecular weight excluding hydrogens is 655 g/mol. The van der Waals surface area contributed by atoms with Crippen molar-refractivity contribution in [1.82, 2.24) is 19.7 Å². The molecule has 0 radical (unpaired) electrons. The maximum atomic E-state index is 15.7. The largest absolute Gasteiger partial charge is 0.469 e. The van der Waals surface area contributed by atoms with Gasteiger partial charge in [0.1, 0.15) is 29.9 Å². The van der Waals surface area contributed by atoms with E-state index < -0.39 is 50.3 Å². The number of nitrogens with zero attached hydrogens (tertiary/aromatic N) is 5. The Morgan fingerprint density at radius 1 is 1.15 bits per heavy atom. The van der Waals surface area contributed by atoms with E-state index in [1.165, 1.54) is 59.0 Å². The van der Waals surface area contributed by atoms with E-state index in [9.17, 15) is 13.8 Å². The Bertz CT molecular complexity index is 1950. The van der Waals surface area contributed by atoms with Gasteiger partial charge in [0.2, 0.25) is 0 Å². The number of aromatic nitrogens is 4. The molecule has 0 spiro atoms. The van der Waals surface area contributed by atoms with Gasteiger partial charge in [-0.2, -0.15) is 10.4 Å². The van der Waals surface area contributed by atoms with Crippen LogP contribution in [-0.4, -0.2) is 42.3 Å². The van der Waals surface area contributed by atoms with E-state index in [1.54, 1.807) is 36.6 Å². The molecule has 5 aromatic rings. The average molecular weight is 682 g/mol. The van der Waals surface area contributed by atoms with Crippen LogP contribution in [0.3, 0.4) is 0 Å². The molecule has 16 heteroatoms. The zero-order valence-electron chi connectivity index (χ0n) is 24.6. The predicted octanol–water partition coefficient (Wildman–Crippen LogP) is 5.69. The lowest BCUT2D eigenvalue weighted by Gasteiger charge is -2.38. The molecule has 2 atom stereocenters. The Morgan fingerprint density at radius 2 is 1.94 bits per heavy atom. The van der Waals surface area contributed by atoms with E-state index >= 15 is 4.39 Å². The van der Waals surface area contributed by atoms with Gasteiger partial charge in [0.15, 0.2) is 6.79 Å². The molecule has 0 aliphatic rings. The number of hydrogen-bond acceptors (Lipinski definition) is 10. The number of hydrogen-bond donors (Lipinski definition) is 2. The Balaban J connectivity index is 1.47. The summed E-state index contributed by atoms with van der Waals surface area (Å²) in [6.07, 6.45) is 2.68. The summed E-state index contributed by atoms with van der Waals surface area (Å²) in [7, 11) is -4.74. The topological polar surface area (TPSA) is 170 Å². The molecule has 0 aliphatic carbocycles. The number of carbonyl (C=O) groups excluding carboxylic acids is 1. The van der Waals surface area contributed by atoms with Crippen molar-refractivity contribution in [3.63, 3.8) is 0 Å². The molecule has 0 unspecified atom stereocenters. The van der Waals surface area contributed by atoms with Crippen LogP contribution < -0.4 is 0 Å². The molecule has 2 aromatic heterocycles. The highest BCUT2D eigenvalue weighted by molar-refractivity contribution is 7.46. The zero-order valence-corrected chi connectivity index (χ0v) is 26.3. The fourth-order valence-electron chi connectivity index (χ4n) is 4.84. The quantitative estimate of drug-likeness (QED) is 0.0889. The molecule has 2 heterocycles. The maximum Gasteiger partial charge on any atom is 0.469 e. The highest BCUT2D eigenvalue weighted by Gasteiger charge is 2.45. The Morgan fingerprint density at radius 3 is 2.62 bits per heavy atom. The first kappa shape index (κ1) is 33.7. The summed E-state index contributed by atoms with van der Waals surface area (Å²) in [4.78, 5) is 39.7. The van der Waals surface area contributed by atoms with Gasteiger partial charge < -0.3 is 19.3 Å². The van der Waals surface area contributed by atoms with Crippen LogP contribution in [0, 0.1) is 23.0 Å². The van der Waals surface area contributed by atoms with Gasteiger partial charge in [0, 0.05) is 28.5 Å². The van der Waals surface area contributed by atoms with E-state index in [-0.39, 0.29) is 17.7 Å². The maximum absolute atomic E-state index is 15.7. The zero-order chi connectivity index (χ0) is 33.6. The van der Waals surface area contributed by atoms with Crippen LogP contribution in [0.1, 0.15) is 44.9 Å². The second-order valence-corrected chi connectivity index (χ2v) is 12.4. The normalized spacial score (nSPS) is 13.4. The summed E-state index contributed by atoms with van der Waals surface area (Å²) in [5.74, 6) is -3.30. The summed E-state index contributed by atoms with van der Waals surface area (Å²) in [5, 5.41) is 15.6. The van der Waals surface area contributed by atoms with Crippen LogP contribution in [0.4, 0.5) is 8.78 Å². The fourth-order valence-corrected chi connectivity index (χ4v) is 6.13. The number of benzene rings is 3. The van der Waals surface area contributed by atoms with Crippen molar-refractivity contribution >= 4 is 25.1 Å². The number of halogens is 2. The average Bonchev–Trinajstić information content (AvgIpc) is 3.76. The van der Waals surface area contributed by atoms with Gasteiger partial charge in [-0.1, -0.05) is 37.3 Å². The third kappa shape index (κ3) is 8.19. The molecule has 5 rings (SSSR count). The molecule has 0 bridgehead atoms. The summed E-state index contributed by atoms with van der Waals surface area (Å²) in [5.41, 5.74) is 0.444. The van der Waals surface area contributed by atoms with Crippen LogP contribution in [0.15, 0.2) is 84.8 Å². The van der Waals surface area contributed by atoms with E-state index in [0.29, 0.717) is 21.8 Å². The van der Waals surface area contributed by atoms with Gasteiger partial charge in [-0.15, -0.1) is 11.3 Å². The minimum atomic E-state index is -4.74. The summed E-state index contributed by atoms with van der Waals surface area (Å²) in [6, 6.07) is 17.7. The Labute approximate surface area is 271 Å². The fraction of sp³-hybridized carbons (Fsp3) is 0.194. The molecule has 2 N–H and O–H groups in total. The third-order valence-electron chi connectivity index (χ3n) is 7.22. The highest BCUT2D eigenvalue weighted by Crippen LogP contribution is 2.44. The van der Waals surface area contributed by atoms with Crippen molar-refractivity contribution in [1.29, 1.82) is 5.26 Å². The van der Waals surface area contributed by atoms with E-state index in [2.05, 4.69) is 20.7 Å². The number of phosphoric acid groups is 1. The predicted molar refractivity (Wildman–Crippen MR) is 163 cm³/mol. The van der Waals surface area contributed by atoms with Crippen LogP contribution in [0.25, 0.3) is 11.3 Å². The molecule has 0 fully saturated rings. The number of carbonyl (C=O) groups is 1. The number of nitriles is 1. The van der Waals surface area contributed by atoms with Gasteiger partial charge in [0.25, 0.3) is 0 Å². The first-order chi connectivity index (χ1) is 22.5. The standard InChI is InChI=1S/C31H26F2N5O7PS/c1-20(29-37-28(15-47-29)23-7-5-21(13-34)6-8-23)31(16-38-18-35-17-36-38,26-10-9-25(32)12-27(26)33)44-19-43-30(39)24-4-2-3-22(11-24)14-45-46(40,41)42/h2-12,15,17-18,20H,14,16,19H2,1H3,(H2,40,41,42)/t20-,31-/m1/s1. The third-order valence-corrected chi connectivity index (χ3v) is 8.71. The van der Waals surface area contributed by atoms with Crippen molar-refractivity contribution in [3.05, 3.63) is 124 Å². The first-order valence-corrected chi connectivity index (χ1v) is 16.2. The SMILES string of the molecule is C[C@H](c1nc(-c2ccc(C#N)cc2)cs1)[C@@](Cn1cncn1)(OCOC(=O)c1cccc(COP(=O)(O)O)c1)c1ccc(F)cc1F. The second kappa shape index (κ2) is 14.4. The molecule has 12 nitrogen and oxygen atoms in total. The molecule has 47 heavy (non-hydrogen) atoms. The van der Waals surface area contributed by atoms with Crippen molar-refractivity contribution in [3.8, 4) is 17.3 Å². The van der Waals surface area contributed by atoms with Crippen molar-refractivity contribution in [2.75, 3.05) is 6.79 Å². The molecule has 0 aliphatic heterocycles. The van der Waals surface area contributed by atoms with Gasteiger partial charge in [-0.3, -0.25) is 4.52 Å². The molecular formula is C31H26F2N5O7PS. The van der Waals surface area contributed by atoms with E-state index in [1.807, 2.05) is 0 Å². The van der Waals surface area contributed by atoms with Crippen LogP contribution in [0.5, 0.6) is 0 Å². The first-order valence-electron chi connectivity index (χ1n) is 13.8. The summed E-state index contributed by atoms with van der Waals surface area (Å²) >= 11 is 1.28. The van der Waals surface area contributed by atoms with Crippen LogP contribution in [0.2, 0.25) is 0 Å². The van der Waals surface area contributed by atoms with Crippen LogP contribution in [-0.2, 0) is 37.3 Å². The Hall–Kier alpha value is -4.68. The molecule has 242 valence electrons. The smallest absolute Gasteiger partial charge is 0.435 e. The number of ether oxygens (including phenoxy) is 2. The van der Waals surface area contributed by atoms with E-state index in [0.717, 1.165) is 17.7 Å². The lowest BCUT2D eigenvalue weighted by molar-refractivity contribution is -0.148. The van der Waals surface area contributed by atoms with Gasteiger partial charge >= 0.3 is 13.8 Å². The van der Waals surface area contributed by atoms with Gasteiger partial charge in [0.05, 0.1) is 41.0 Å². The summed E-state index contributed by atoms with van der Waals surface area (Å²) in [6.45, 7) is 0.455. The molecule has 0 saturated heterocycles. The number of phosphoric ester groups is 1. The Kier molecular flexibility index (Phi) is 10.3. The number of thiazole rings is 1. The lowest BCUT2D eigenvalue weighted by atomic mass is 9.81. The van der Waals surface area contributed by atoms with Gasteiger partial charge in [-0.05, 0) is 35.9 Å². The highest BCUT2D eigenvalue weighted by atomic mass is 32.1. The van der Waals surface area contributed by atoms with E-state index in [4.69, 9.17) is 29.5 Å². The van der Waals surface area contributed by atoms with Crippen LogP contribution >= 0.6 is 19.2 Å². The summed E-state index contributed by atoms with van der Waals surface area (Å²) < 4.78 is 58.5. The van der Waals surface area contributed by atoms with Gasteiger partial charge in [-0.25, -0.2) is 32.8 Å². The van der Waals surface area contributed by atoms with Crippen molar-refractivity contribution in [2.45, 2.75) is 31.6 Å². The monoisotopic (exact) mass is 681 g/mol. The van der Waals surface area contributed by atoms with Crippen molar-refractivity contribution in [2.24, 2.45) is 0 Å². The molecule has 3 aromatic carbocycles. The van der Waals surface area contributed by atoms with Crippen molar-refractivity contribution < 1.29 is 41.9 Å². The molecule has 0 amide bonds. The minimum absolute atomic E-state index is 0.0373. The minimum Gasteiger partial charge on any atom is -0.435 e. The lowest BCUT2D eigenvalue weighted by Crippen LogP contribution is -2.42. The molecule has 0 saturated carbocycles. The second-order valence-electron chi connectivity index (χ2n) is 10.2. The number of esters is 1. The number of rotatable bonds is 13.